The van der Waals surface area contributed by atoms with Crippen molar-refractivity contribution < 1.29 is 9.53 Å². The fourth-order valence-corrected chi connectivity index (χ4v) is 4.07. The number of carbonyl (C=O) groups excluding carboxylic acids is 1. The first-order valence-electron chi connectivity index (χ1n) is 10.8. The number of ether oxygens (including phenoxy) is 1. The van der Waals surface area contributed by atoms with Crippen molar-refractivity contribution in [1.29, 1.82) is 0 Å². The summed E-state index contributed by atoms with van der Waals surface area (Å²) in [6.45, 7) is 10.3. The van der Waals surface area contributed by atoms with E-state index >= 15 is 0 Å². The number of nitrogens with zero attached hydrogens (tertiary/aromatic N) is 5. The number of aryl methyl sites for hydroxylation is 3. The van der Waals surface area contributed by atoms with E-state index in [4.69, 9.17) is 9.72 Å². The standard InChI is InChI=1S/C23H31N5O2/c1-18-4-3-5-20(16-18)6-7-22(29)27-10-8-26(9-11-27)21-17-19(2)24-23(25-21)28-12-14-30-15-13-28/h3-5,16-17H,6-15H2,1-2H3. The van der Waals surface area contributed by atoms with Gasteiger partial charge in [-0.3, -0.25) is 4.79 Å². The minimum atomic E-state index is 0.240. The number of aromatic nitrogens is 2. The molecule has 0 atom stereocenters. The summed E-state index contributed by atoms with van der Waals surface area (Å²) in [5.74, 6) is 1.98. The van der Waals surface area contributed by atoms with Crippen LogP contribution < -0.4 is 9.80 Å². The number of anilines is 2. The maximum absolute atomic E-state index is 12.7. The Hall–Kier alpha value is -2.67. The molecule has 1 aromatic carbocycles. The fraction of sp³-hybridized carbons (Fsp3) is 0.522. The second-order valence-corrected chi connectivity index (χ2v) is 8.12. The lowest BCUT2D eigenvalue weighted by atomic mass is 10.1. The summed E-state index contributed by atoms with van der Waals surface area (Å²) in [7, 11) is 0. The Kier molecular flexibility index (Phi) is 6.47. The lowest BCUT2D eigenvalue weighted by molar-refractivity contribution is -0.131. The highest BCUT2D eigenvalue weighted by molar-refractivity contribution is 5.76. The van der Waals surface area contributed by atoms with Crippen LogP contribution >= 0.6 is 0 Å². The molecular formula is C23H31N5O2. The van der Waals surface area contributed by atoms with Crippen molar-refractivity contribution in [3.8, 4) is 0 Å². The smallest absolute Gasteiger partial charge is 0.227 e. The highest BCUT2D eigenvalue weighted by Crippen LogP contribution is 2.20. The van der Waals surface area contributed by atoms with Gasteiger partial charge in [-0.05, 0) is 25.8 Å². The molecule has 2 aliphatic heterocycles. The van der Waals surface area contributed by atoms with Crippen LogP contribution in [0.15, 0.2) is 30.3 Å². The van der Waals surface area contributed by atoms with Crippen LogP contribution in [0.1, 0.15) is 23.2 Å². The molecular weight excluding hydrogens is 378 g/mol. The third kappa shape index (κ3) is 5.08. The molecule has 1 amide bonds. The van der Waals surface area contributed by atoms with E-state index in [0.717, 1.165) is 76.4 Å². The van der Waals surface area contributed by atoms with E-state index in [1.807, 2.05) is 17.9 Å². The summed E-state index contributed by atoms with van der Waals surface area (Å²) >= 11 is 0. The molecule has 7 nitrogen and oxygen atoms in total. The van der Waals surface area contributed by atoms with Crippen LogP contribution in [0.4, 0.5) is 11.8 Å². The zero-order chi connectivity index (χ0) is 20.9. The van der Waals surface area contributed by atoms with E-state index < -0.39 is 0 Å². The fourth-order valence-electron chi connectivity index (χ4n) is 4.07. The van der Waals surface area contributed by atoms with Gasteiger partial charge in [0, 0.05) is 57.4 Å². The normalized spacial score (nSPS) is 17.3. The van der Waals surface area contributed by atoms with Gasteiger partial charge in [0.05, 0.1) is 13.2 Å². The largest absolute Gasteiger partial charge is 0.378 e. The molecule has 2 aromatic rings. The maximum Gasteiger partial charge on any atom is 0.227 e. The van der Waals surface area contributed by atoms with Gasteiger partial charge < -0.3 is 19.4 Å². The number of amides is 1. The predicted molar refractivity (Wildman–Crippen MR) is 118 cm³/mol. The van der Waals surface area contributed by atoms with Gasteiger partial charge in [0.2, 0.25) is 11.9 Å². The molecule has 0 bridgehead atoms. The van der Waals surface area contributed by atoms with E-state index in [2.05, 4.69) is 46.0 Å². The molecule has 0 unspecified atom stereocenters. The molecule has 4 rings (SSSR count). The Morgan fingerprint density at radius 3 is 2.47 bits per heavy atom. The lowest BCUT2D eigenvalue weighted by Gasteiger charge is -2.36. The van der Waals surface area contributed by atoms with E-state index in [1.165, 1.54) is 11.1 Å². The molecule has 0 spiro atoms. The van der Waals surface area contributed by atoms with E-state index in [0.29, 0.717) is 6.42 Å². The molecule has 160 valence electrons. The monoisotopic (exact) mass is 409 g/mol. The first-order chi connectivity index (χ1) is 14.6. The van der Waals surface area contributed by atoms with Gasteiger partial charge in [0.15, 0.2) is 0 Å². The average Bonchev–Trinajstić information content (AvgIpc) is 2.78. The lowest BCUT2D eigenvalue weighted by Crippen LogP contribution is -2.49. The van der Waals surface area contributed by atoms with Crippen molar-refractivity contribution in [3.05, 3.63) is 47.2 Å². The number of rotatable bonds is 5. The van der Waals surface area contributed by atoms with Gasteiger partial charge in [-0.15, -0.1) is 0 Å². The number of hydrogen-bond donors (Lipinski definition) is 0. The molecule has 2 saturated heterocycles. The summed E-state index contributed by atoms with van der Waals surface area (Å²) in [5.41, 5.74) is 3.44. The summed E-state index contributed by atoms with van der Waals surface area (Å²) in [4.78, 5) is 28.6. The van der Waals surface area contributed by atoms with Crippen LogP contribution in [0.3, 0.4) is 0 Å². The molecule has 7 heteroatoms. The second-order valence-electron chi connectivity index (χ2n) is 8.12. The topological polar surface area (TPSA) is 61.8 Å². The summed E-state index contributed by atoms with van der Waals surface area (Å²) in [6.07, 6.45) is 1.37. The first-order valence-corrected chi connectivity index (χ1v) is 10.8. The maximum atomic E-state index is 12.7. The Morgan fingerprint density at radius 2 is 1.73 bits per heavy atom. The van der Waals surface area contributed by atoms with Gasteiger partial charge in [-0.25, -0.2) is 4.98 Å². The van der Waals surface area contributed by atoms with Crippen LogP contribution in [-0.4, -0.2) is 73.3 Å². The molecule has 0 N–H and O–H groups in total. The zero-order valence-corrected chi connectivity index (χ0v) is 18.0. The number of hydrogen-bond acceptors (Lipinski definition) is 6. The third-order valence-electron chi connectivity index (χ3n) is 5.79. The van der Waals surface area contributed by atoms with Crippen molar-refractivity contribution in [1.82, 2.24) is 14.9 Å². The van der Waals surface area contributed by atoms with Crippen molar-refractivity contribution in [2.75, 3.05) is 62.3 Å². The number of piperazine rings is 1. The first kappa shape index (κ1) is 20.6. The SMILES string of the molecule is Cc1cccc(CCC(=O)N2CCN(c3cc(C)nc(N4CCOCC4)n3)CC2)c1. The third-order valence-corrected chi connectivity index (χ3v) is 5.79. The number of benzene rings is 1. The van der Waals surface area contributed by atoms with E-state index in [1.54, 1.807) is 0 Å². The highest BCUT2D eigenvalue weighted by Gasteiger charge is 2.23. The van der Waals surface area contributed by atoms with Gasteiger partial charge in [0.1, 0.15) is 5.82 Å². The van der Waals surface area contributed by atoms with Crippen LogP contribution in [-0.2, 0) is 16.0 Å². The molecule has 2 aliphatic rings. The minimum absolute atomic E-state index is 0.240. The minimum Gasteiger partial charge on any atom is -0.378 e. The van der Waals surface area contributed by atoms with E-state index in [9.17, 15) is 4.79 Å². The van der Waals surface area contributed by atoms with Gasteiger partial charge in [-0.1, -0.05) is 29.8 Å². The van der Waals surface area contributed by atoms with Crippen LogP contribution in [0.25, 0.3) is 0 Å². The highest BCUT2D eigenvalue weighted by atomic mass is 16.5. The Bertz CT molecular complexity index is 874. The Morgan fingerprint density at radius 1 is 0.967 bits per heavy atom. The van der Waals surface area contributed by atoms with Crippen LogP contribution in [0, 0.1) is 13.8 Å². The molecule has 2 fully saturated rings. The summed E-state index contributed by atoms with van der Waals surface area (Å²) < 4.78 is 5.44. The quantitative estimate of drug-likeness (QED) is 0.755. The van der Waals surface area contributed by atoms with Crippen molar-refractivity contribution in [2.24, 2.45) is 0 Å². The number of morpholine rings is 1. The summed E-state index contributed by atoms with van der Waals surface area (Å²) in [5, 5.41) is 0. The van der Waals surface area contributed by atoms with E-state index in [-0.39, 0.29) is 5.91 Å². The second kappa shape index (κ2) is 9.43. The molecule has 0 aliphatic carbocycles. The van der Waals surface area contributed by atoms with Crippen molar-refractivity contribution >= 4 is 17.7 Å². The Balaban J connectivity index is 1.32. The van der Waals surface area contributed by atoms with Gasteiger partial charge in [-0.2, -0.15) is 4.98 Å². The molecule has 0 radical (unpaired) electrons. The Labute approximate surface area is 178 Å². The molecule has 3 heterocycles. The average molecular weight is 410 g/mol. The van der Waals surface area contributed by atoms with Crippen LogP contribution in [0.5, 0.6) is 0 Å². The van der Waals surface area contributed by atoms with Crippen LogP contribution in [0.2, 0.25) is 0 Å². The predicted octanol–water partition coefficient (Wildman–Crippen LogP) is 2.21. The molecule has 1 aromatic heterocycles. The van der Waals surface area contributed by atoms with Gasteiger partial charge >= 0.3 is 0 Å². The zero-order valence-electron chi connectivity index (χ0n) is 18.0. The summed E-state index contributed by atoms with van der Waals surface area (Å²) in [6, 6.07) is 10.4. The van der Waals surface area contributed by atoms with Crippen molar-refractivity contribution in [2.45, 2.75) is 26.7 Å². The number of carbonyl (C=O) groups is 1. The molecule has 0 saturated carbocycles. The molecule has 30 heavy (non-hydrogen) atoms. The van der Waals surface area contributed by atoms with Gasteiger partial charge in [0.25, 0.3) is 0 Å². The van der Waals surface area contributed by atoms with Crippen molar-refractivity contribution in [3.63, 3.8) is 0 Å².